The first-order chi connectivity index (χ1) is 10.6. The minimum Gasteiger partial charge on any atom is -0.453 e. The Balaban J connectivity index is 1.69. The SMILES string of the molecule is COC(=O)N1CCC(NC(=O)c2cc3cccc(Cl)c3o2)C1. The molecule has 1 saturated heterocycles. The van der Waals surface area contributed by atoms with E-state index in [0.717, 1.165) is 5.39 Å². The monoisotopic (exact) mass is 322 g/mol. The maximum atomic E-state index is 12.2. The van der Waals surface area contributed by atoms with Gasteiger partial charge in [-0.3, -0.25) is 4.79 Å². The highest BCUT2D eigenvalue weighted by molar-refractivity contribution is 6.34. The zero-order chi connectivity index (χ0) is 15.7. The molecule has 0 bridgehead atoms. The molecule has 7 heteroatoms. The summed E-state index contributed by atoms with van der Waals surface area (Å²) in [5.74, 6) is -0.108. The molecule has 22 heavy (non-hydrogen) atoms. The van der Waals surface area contributed by atoms with Crippen molar-refractivity contribution in [3.63, 3.8) is 0 Å². The quantitative estimate of drug-likeness (QED) is 0.922. The van der Waals surface area contributed by atoms with Crippen LogP contribution in [0.2, 0.25) is 5.02 Å². The number of hydrogen-bond donors (Lipinski definition) is 1. The number of likely N-dealkylation sites (tertiary alicyclic amines) is 1. The molecule has 6 nitrogen and oxygen atoms in total. The summed E-state index contributed by atoms with van der Waals surface area (Å²) in [7, 11) is 1.34. The Morgan fingerprint density at radius 1 is 1.45 bits per heavy atom. The van der Waals surface area contributed by atoms with Crippen LogP contribution in [-0.2, 0) is 4.74 Å². The topological polar surface area (TPSA) is 71.8 Å². The lowest BCUT2D eigenvalue weighted by Gasteiger charge is -2.14. The van der Waals surface area contributed by atoms with Gasteiger partial charge in [0.2, 0.25) is 0 Å². The van der Waals surface area contributed by atoms with Crippen LogP contribution in [-0.4, -0.2) is 43.1 Å². The Hall–Kier alpha value is -2.21. The van der Waals surface area contributed by atoms with E-state index in [-0.39, 0.29) is 23.8 Å². The largest absolute Gasteiger partial charge is 0.453 e. The van der Waals surface area contributed by atoms with Gasteiger partial charge >= 0.3 is 6.09 Å². The summed E-state index contributed by atoms with van der Waals surface area (Å²) in [5, 5.41) is 4.10. The second-order valence-electron chi connectivity index (χ2n) is 5.14. The Bertz CT molecular complexity index is 727. The van der Waals surface area contributed by atoms with Crippen LogP contribution in [0.5, 0.6) is 0 Å². The predicted octanol–water partition coefficient (Wildman–Crippen LogP) is 2.66. The smallest absolute Gasteiger partial charge is 0.409 e. The summed E-state index contributed by atoms with van der Waals surface area (Å²) in [5.41, 5.74) is 0.497. The molecule has 1 N–H and O–H groups in total. The number of nitrogens with zero attached hydrogens (tertiary/aromatic N) is 1. The molecule has 2 aromatic rings. The van der Waals surface area contributed by atoms with E-state index in [1.165, 1.54) is 7.11 Å². The minimum atomic E-state index is -0.382. The third-order valence-corrected chi connectivity index (χ3v) is 3.97. The summed E-state index contributed by atoms with van der Waals surface area (Å²) in [6.45, 7) is 0.989. The molecule has 0 radical (unpaired) electrons. The van der Waals surface area contributed by atoms with E-state index in [9.17, 15) is 9.59 Å². The van der Waals surface area contributed by atoms with E-state index in [4.69, 9.17) is 16.0 Å². The van der Waals surface area contributed by atoms with Gasteiger partial charge in [0.15, 0.2) is 11.3 Å². The molecule has 2 amide bonds. The summed E-state index contributed by atoms with van der Waals surface area (Å²) < 4.78 is 10.2. The van der Waals surface area contributed by atoms with E-state index < -0.39 is 0 Å². The van der Waals surface area contributed by atoms with Crippen LogP contribution in [0.1, 0.15) is 17.0 Å². The summed E-state index contributed by atoms with van der Waals surface area (Å²) >= 11 is 6.03. The summed E-state index contributed by atoms with van der Waals surface area (Å²) in [4.78, 5) is 25.2. The second kappa shape index (κ2) is 5.88. The molecular weight excluding hydrogens is 308 g/mol. The van der Waals surface area contributed by atoms with E-state index in [0.29, 0.717) is 30.1 Å². The lowest BCUT2D eigenvalue weighted by atomic mass is 10.2. The fourth-order valence-electron chi connectivity index (χ4n) is 2.57. The van der Waals surface area contributed by atoms with Crippen LogP contribution < -0.4 is 5.32 Å². The third-order valence-electron chi connectivity index (χ3n) is 3.68. The molecular formula is C15H15ClN2O4. The second-order valence-corrected chi connectivity index (χ2v) is 5.55. The van der Waals surface area contributed by atoms with Crippen LogP contribution in [0.15, 0.2) is 28.7 Å². The van der Waals surface area contributed by atoms with Crippen LogP contribution >= 0.6 is 11.6 Å². The molecule has 0 saturated carbocycles. The number of fused-ring (bicyclic) bond motifs is 1. The summed E-state index contributed by atoms with van der Waals surface area (Å²) in [6.07, 6.45) is 0.300. The van der Waals surface area contributed by atoms with Crippen LogP contribution in [0.25, 0.3) is 11.0 Å². The average molecular weight is 323 g/mol. The molecule has 0 aliphatic carbocycles. The first-order valence-corrected chi connectivity index (χ1v) is 7.28. The van der Waals surface area contributed by atoms with Crippen molar-refractivity contribution >= 4 is 34.6 Å². The first kappa shape index (κ1) is 14.7. The average Bonchev–Trinajstić information content (AvgIpc) is 3.13. The predicted molar refractivity (Wildman–Crippen MR) is 81.1 cm³/mol. The van der Waals surface area contributed by atoms with Gasteiger partial charge in [0, 0.05) is 24.5 Å². The lowest BCUT2D eigenvalue weighted by Crippen LogP contribution is -2.38. The van der Waals surface area contributed by atoms with E-state index >= 15 is 0 Å². The molecule has 1 aliphatic heterocycles. The van der Waals surface area contributed by atoms with Crippen LogP contribution in [0, 0.1) is 0 Å². The number of halogens is 1. The number of ether oxygens (including phenoxy) is 1. The highest BCUT2D eigenvalue weighted by Crippen LogP contribution is 2.26. The van der Waals surface area contributed by atoms with Crippen molar-refractivity contribution in [2.45, 2.75) is 12.5 Å². The fraction of sp³-hybridized carbons (Fsp3) is 0.333. The highest BCUT2D eigenvalue weighted by atomic mass is 35.5. The maximum absolute atomic E-state index is 12.2. The van der Waals surface area contributed by atoms with E-state index in [1.807, 2.05) is 6.07 Å². The number of carbonyl (C=O) groups excluding carboxylic acids is 2. The number of hydrogen-bond acceptors (Lipinski definition) is 4. The van der Waals surface area contributed by atoms with Gasteiger partial charge in [-0.1, -0.05) is 23.7 Å². The molecule has 0 spiro atoms. The lowest BCUT2D eigenvalue weighted by molar-refractivity contribution is 0.0908. The Morgan fingerprint density at radius 3 is 3.00 bits per heavy atom. The summed E-state index contributed by atoms with van der Waals surface area (Å²) in [6, 6.07) is 6.88. The standard InChI is InChI=1S/C15H15ClN2O4/c1-21-15(20)18-6-5-10(8-18)17-14(19)12-7-9-3-2-4-11(16)13(9)22-12/h2-4,7,10H,5-6,8H2,1H3,(H,17,19). The number of rotatable bonds is 2. The van der Waals surface area contributed by atoms with Crippen molar-refractivity contribution in [3.05, 3.63) is 35.0 Å². The van der Waals surface area contributed by atoms with Crippen molar-refractivity contribution < 1.29 is 18.7 Å². The number of methoxy groups -OCH3 is 1. The number of nitrogens with one attached hydrogen (secondary N) is 1. The van der Waals surface area contributed by atoms with Gasteiger partial charge in [-0.15, -0.1) is 0 Å². The molecule has 1 aromatic carbocycles. The molecule has 2 heterocycles. The number of carbonyl (C=O) groups is 2. The van der Waals surface area contributed by atoms with Gasteiger partial charge in [0.25, 0.3) is 5.91 Å². The normalized spacial score (nSPS) is 17.7. The maximum Gasteiger partial charge on any atom is 0.409 e. The fourth-order valence-corrected chi connectivity index (χ4v) is 2.79. The van der Waals surface area contributed by atoms with Crippen molar-refractivity contribution in [3.8, 4) is 0 Å². The molecule has 3 rings (SSSR count). The van der Waals surface area contributed by atoms with Gasteiger partial charge in [0.05, 0.1) is 12.1 Å². The van der Waals surface area contributed by atoms with E-state index in [2.05, 4.69) is 10.1 Å². The Morgan fingerprint density at radius 2 is 2.27 bits per heavy atom. The number of furan rings is 1. The van der Waals surface area contributed by atoms with Gasteiger partial charge in [-0.2, -0.15) is 0 Å². The molecule has 1 fully saturated rings. The molecule has 1 atom stereocenters. The van der Waals surface area contributed by atoms with Gasteiger partial charge in [0.1, 0.15) is 0 Å². The Kier molecular flexibility index (Phi) is 3.94. The number of amides is 2. The number of benzene rings is 1. The van der Waals surface area contributed by atoms with Crippen LogP contribution in [0.4, 0.5) is 4.79 Å². The van der Waals surface area contributed by atoms with Crippen molar-refractivity contribution in [2.75, 3.05) is 20.2 Å². The van der Waals surface area contributed by atoms with Gasteiger partial charge < -0.3 is 19.4 Å². The van der Waals surface area contributed by atoms with Crippen molar-refractivity contribution in [2.24, 2.45) is 0 Å². The third kappa shape index (κ3) is 2.74. The molecule has 1 aliphatic rings. The number of para-hydroxylation sites is 1. The first-order valence-electron chi connectivity index (χ1n) is 6.90. The molecule has 1 unspecified atom stereocenters. The van der Waals surface area contributed by atoms with Crippen molar-refractivity contribution in [1.29, 1.82) is 0 Å². The highest BCUT2D eigenvalue weighted by Gasteiger charge is 2.28. The van der Waals surface area contributed by atoms with Crippen LogP contribution in [0.3, 0.4) is 0 Å². The Labute approximate surface area is 132 Å². The van der Waals surface area contributed by atoms with E-state index in [1.54, 1.807) is 23.1 Å². The van der Waals surface area contributed by atoms with Gasteiger partial charge in [-0.25, -0.2) is 4.79 Å². The zero-order valence-corrected chi connectivity index (χ0v) is 12.7. The zero-order valence-electron chi connectivity index (χ0n) is 12.0. The molecule has 116 valence electrons. The van der Waals surface area contributed by atoms with Crippen molar-refractivity contribution in [1.82, 2.24) is 10.2 Å². The van der Waals surface area contributed by atoms with Gasteiger partial charge in [-0.05, 0) is 18.6 Å². The molecule has 1 aromatic heterocycles. The minimum absolute atomic E-state index is 0.115.